The molecule has 0 aliphatic carbocycles. The minimum absolute atomic E-state index is 0.284. The second-order valence-corrected chi connectivity index (χ2v) is 4.79. The maximum Gasteiger partial charge on any atom is 0.0834 e. The Morgan fingerprint density at radius 3 is 3.06 bits per heavy atom. The lowest BCUT2D eigenvalue weighted by molar-refractivity contribution is 0.0317. The van der Waals surface area contributed by atoms with Crippen molar-refractivity contribution in [2.24, 2.45) is 0 Å². The number of hydrogen-bond acceptors (Lipinski definition) is 3. The van der Waals surface area contributed by atoms with E-state index in [0.717, 1.165) is 32.7 Å². The summed E-state index contributed by atoms with van der Waals surface area (Å²) in [6.45, 7) is 6.47. The highest BCUT2D eigenvalue weighted by Gasteiger charge is 2.15. The first-order valence-corrected chi connectivity index (χ1v) is 6.86. The van der Waals surface area contributed by atoms with E-state index in [2.05, 4.69) is 36.5 Å². The highest BCUT2D eigenvalue weighted by molar-refractivity contribution is 5.22. The molecule has 1 fully saturated rings. The Morgan fingerprint density at radius 2 is 2.28 bits per heavy atom. The Labute approximate surface area is 109 Å². The minimum atomic E-state index is 0.284. The molecule has 0 radical (unpaired) electrons. The average Bonchev–Trinajstić information content (AvgIpc) is 2.90. The van der Waals surface area contributed by atoms with Crippen molar-refractivity contribution in [3.05, 3.63) is 35.4 Å². The van der Waals surface area contributed by atoms with Crippen LogP contribution in [0.1, 0.15) is 30.9 Å². The molecular weight excluding hydrogens is 226 g/mol. The summed E-state index contributed by atoms with van der Waals surface area (Å²) in [6, 6.07) is 8.61. The van der Waals surface area contributed by atoms with E-state index in [9.17, 15) is 0 Å². The van der Waals surface area contributed by atoms with Crippen LogP contribution in [0.5, 0.6) is 0 Å². The Bertz CT molecular complexity index is 348. The molecule has 1 N–H and O–H groups in total. The van der Waals surface area contributed by atoms with Crippen LogP contribution in [-0.4, -0.2) is 25.9 Å². The third kappa shape index (κ3) is 4.41. The van der Waals surface area contributed by atoms with Gasteiger partial charge in [-0.3, -0.25) is 0 Å². The molecule has 3 heteroatoms. The molecule has 1 atom stereocenters. The molecule has 0 spiro atoms. The van der Waals surface area contributed by atoms with E-state index in [4.69, 9.17) is 9.47 Å². The van der Waals surface area contributed by atoms with Crippen LogP contribution < -0.4 is 5.32 Å². The number of hydrogen-bond donors (Lipinski definition) is 1. The first kappa shape index (κ1) is 13.5. The van der Waals surface area contributed by atoms with Crippen LogP contribution in [0.25, 0.3) is 0 Å². The zero-order chi connectivity index (χ0) is 12.6. The van der Waals surface area contributed by atoms with Crippen LogP contribution in [0.3, 0.4) is 0 Å². The van der Waals surface area contributed by atoms with E-state index in [1.165, 1.54) is 17.5 Å². The van der Waals surface area contributed by atoms with Gasteiger partial charge in [0.05, 0.1) is 19.3 Å². The predicted octanol–water partition coefficient (Wildman–Crippen LogP) is 2.49. The standard InChI is InChI=1S/C15H23NO2/c1-2-7-16-10-13-4-3-5-14(9-13)11-18-15-6-8-17-12-15/h3-5,9,15-16H,2,6-8,10-12H2,1H3. The third-order valence-electron chi connectivity index (χ3n) is 3.12. The molecule has 100 valence electrons. The third-order valence-corrected chi connectivity index (χ3v) is 3.12. The maximum absolute atomic E-state index is 5.82. The maximum atomic E-state index is 5.82. The van der Waals surface area contributed by atoms with E-state index in [-0.39, 0.29) is 6.10 Å². The molecule has 1 saturated heterocycles. The fourth-order valence-electron chi connectivity index (χ4n) is 2.10. The van der Waals surface area contributed by atoms with Crippen LogP contribution >= 0.6 is 0 Å². The van der Waals surface area contributed by atoms with Crippen molar-refractivity contribution in [1.29, 1.82) is 0 Å². The van der Waals surface area contributed by atoms with Crippen LogP contribution in [0, 0.1) is 0 Å². The molecule has 0 aromatic heterocycles. The smallest absolute Gasteiger partial charge is 0.0834 e. The van der Waals surface area contributed by atoms with Gasteiger partial charge in [-0.15, -0.1) is 0 Å². The van der Waals surface area contributed by atoms with Crippen LogP contribution in [0.4, 0.5) is 0 Å². The van der Waals surface area contributed by atoms with E-state index in [1.54, 1.807) is 0 Å². The summed E-state index contributed by atoms with van der Waals surface area (Å²) in [5, 5.41) is 3.41. The molecule has 1 aliphatic rings. The summed E-state index contributed by atoms with van der Waals surface area (Å²) in [6.07, 6.45) is 2.48. The summed E-state index contributed by atoms with van der Waals surface area (Å²) in [7, 11) is 0. The Hall–Kier alpha value is -0.900. The Morgan fingerprint density at radius 1 is 1.39 bits per heavy atom. The second-order valence-electron chi connectivity index (χ2n) is 4.79. The highest BCUT2D eigenvalue weighted by atomic mass is 16.5. The van der Waals surface area contributed by atoms with Gasteiger partial charge >= 0.3 is 0 Å². The van der Waals surface area contributed by atoms with Crippen molar-refractivity contribution in [2.45, 2.75) is 39.0 Å². The van der Waals surface area contributed by atoms with E-state index < -0.39 is 0 Å². The van der Waals surface area contributed by atoms with Crippen molar-refractivity contribution < 1.29 is 9.47 Å². The Balaban J connectivity index is 1.78. The summed E-state index contributed by atoms with van der Waals surface area (Å²) >= 11 is 0. The minimum Gasteiger partial charge on any atom is -0.379 e. The summed E-state index contributed by atoms with van der Waals surface area (Å²) in [5.74, 6) is 0. The number of rotatable bonds is 7. The lowest BCUT2D eigenvalue weighted by Crippen LogP contribution is -2.14. The Kier molecular flexibility index (Phi) is 5.65. The molecule has 1 aromatic rings. The fourth-order valence-corrected chi connectivity index (χ4v) is 2.10. The topological polar surface area (TPSA) is 30.5 Å². The number of ether oxygens (including phenoxy) is 2. The number of benzene rings is 1. The molecule has 1 heterocycles. The van der Waals surface area contributed by atoms with Crippen molar-refractivity contribution in [2.75, 3.05) is 19.8 Å². The first-order chi connectivity index (χ1) is 8.88. The largest absolute Gasteiger partial charge is 0.379 e. The van der Waals surface area contributed by atoms with E-state index in [1.807, 2.05) is 0 Å². The van der Waals surface area contributed by atoms with Gasteiger partial charge in [-0.05, 0) is 30.5 Å². The normalized spacial score (nSPS) is 19.3. The molecule has 0 saturated carbocycles. The lowest BCUT2D eigenvalue weighted by Gasteiger charge is -2.11. The van der Waals surface area contributed by atoms with Gasteiger partial charge in [-0.2, -0.15) is 0 Å². The zero-order valence-corrected chi connectivity index (χ0v) is 11.2. The molecule has 1 aromatic carbocycles. The van der Waals surface area contributed by atoms with Gasteiger partial charge in [0.15, 0.2) is 0 Å². The lowest BCUT2D eigenvalue weighted by atomic mass is 10.1. The van der Waals surface area contributed by atoms with Crippen LogP contribution in [0.15, 0.2) is 24.3 Å². The molecule has 0 amide bonds. The summed E-state index contributed by atoms with van der Waals surface area (Å²) < 4.78 is 11.1. The molecular formula is C15H23NO2. The van der Waals surface area contributed by atoms with Gasteiger partial charge < -0.3 is 14.8 Å². The molecule has 18 heavy (non-hydrogen) atoms. The zero-order valence-electron chi connectivity index (χ0n) is 11.2. The van der Waals surface area contributed by atoms with Crippen molar-refractivity contribution in [3.63, 3.8) is 0 Å². The summed E-state index contributed by atoms with van der Waals surface area (Å²) in [5.41, 5.74) is 2.57. The summed E-state index contributed by atoms with van der Waals surface area (Å²) in [4.78, 5) is 0. The number of nitrogens with one attached hydrogen (secondary N) is 1. The predicted molar refractivity (Wildman–Crippen MR) is 72.5 cm³/mol. The molecule has 1 aliphatic heterocycles. The van der Waals surface area contributed by atoms with Crippen LogP contribution in [0.2, 0.25) is 0 Å². The molecule has 3 nitrogen and oxygen atoms in total. The van der Waals surface area contributed by atoms with Gasteiger partial charge in [0.25, 0.3) is 0 Å². The van der Waals surface area contributed by atoms with E-state index in [0.29, 0.717) is 6.61 Å². The fraction of sp³-hybridized carbons (Fsp3) is 0.600. The van der Waals surface area contributed by atoms with Crippen molar-refractivity contribution in [1.82, 2.24) is 5.32 Å². The van der Waals surface area contributed by atoms with Gasteiger partial charge in [-0.1, -0.05) is 31.2 Å². The monoisotopic (exact) mass is 249 g/mol. The van der Waals surface area contributed by atoms with E-state index >= 15 is 0 Å². The van der Waals surface area contributed by atoms with Crippen molar-refractivity contribution >= 4 is 0 Å². The van der Waals surface area contributed by atoms with Crippen molar-refractivity contribution in [3.8, 4) is 0 Å². The van der Waals surface area contributed by atoms with Crippen LogP contribution in [-0.2, 0) is 22.6 Å². The van der Waals surface area contributed by atoms with Gasteiger partial charge in [0.2, 0.25) is 0 Å². The quantitative estimate of drug-likeness (QED) is 0.753. The average molecular weight is 249 g/mol. The first-order valence-electron chi connectivity index (χ1n) is 6.86. The van der Waals surface area contributed by atoms with Gasteiger partial charge in [0.1, 0.15) is 0 Å². The highest BCUT2D eigenvalue weighted by Crippen LogP contribution is 2.12. The van der Waals surface area contributed by atoms with Gasteiger partial charge in [-0.25, -0.2) is 0 Å². The van der Waals surface area contributed by atoms with Gasteiger partial charge in [0, 0.05) is 13.2 Å². The molecule has 2 rings (SSSR count). The molecule has 1 unspecified atom stereocenters. The SMILES string of the molecule is CCCNCc1cccc(COC2CCOC2)c1. The second kappa shape index (κ2) is 7.52. The molecule has 0 bridgehead atoms.